The van der Waals surface area contributed by atoms with Crippen molar-refractivity contribution in [1.29, 1.82) is 0 Å². The van der Waals surface area contributed by atoms with Gasteiger partial charge in [-0.15, -0.1) is 11.3 Å². The fraction of sp³-hybridized carbons (Fsp3) is 0.591. The number of carbonyl (C=O) groups excluding carboxylic acids is 2. The quantitative estimate of drug-likeness (QED) is 0.710. The van der Waals surface area contributed by atoms with Gasteiger partial charge in [0.15, 0.2) is 0 Å². The number of likely N-dealkylation sites (tertiary alicyclic amines) is 1. The molecule has 166 valence electrons. The molecule has 31 heavy (non-hydrogen) atoms. The predicted molar refractivity (Wildman–Crippen MR) is 118 cm³/mol. The molecule has 0 aliphatic carbocycles. The van der Waals surface area contributed by atoms with Crippen LogP contribution >= 0.6 is 11.3 Å². The maximum Gasteiger partial charge on any atom is 0.264 e. The van der Waals surface area contributed by atoms with Crippen LogP contribution in [0.4, 0.5) is 0 Å². The van der Waals surface area contributed by atoms with Crippen molar-refractivity contribution in [1.82, 2.24) is 19.7 Å². The van der Waals surface area contributed by atoms with E-state index in [4.69, 9.17) is 9.47 Å². The number of nitrogens with zero attached hydrogens (tertiary/aromatic N) is 4. The van der Waals surface area contributed by atoms with Gasteiger partial charge in [0, 0.05) is 56.8 Å². The summed E-state index contributed by atoms with van der Waals surface area (Å²) in [6.45, 7) is 7.24. The lowest BCUT2D eigenvalue weighted by Crippen LogP contribution is -2.44. The molecule has 2 aromatic heterocycles. The maximum atomic E-state index is 13.4. The lowest BCUT2D eigenvalue weighted by Gasteiger charge is -2.28. The predicted octanol–water partition coefficient (Wildman–Crippen LogP) is 1.42. The number of morpholine rings is 2. The Kier molecular flexibility index (Phi) is 6.17. The largest absolute Gasteiger partial charge is 0.379 e. The van der Waals surface area contributed by atoms with E-state index in [0.717, 1.165) is 46.7 Å². The van der Waals surface area contributed by atoms with E-state index >= 15 is 0 Å². The minimum Gasteiger partial charge on any atom is -0.379 e. The molecule has 0 spiro atoms. The lowest BCUT2D eigenvalue weighted by atomic mass is 9.95. The van der Waals surface area contributed by atoms with Gasteiger partial charge in [-0.1, -0.05) is 6.07 Å². The Hall–Kier alpha value is -2.07. The number of hydrogen-bond acceptors (Lipinski definition) is 7. The standard InChI is InChI=1S/C22H28N4O4S/c27-18(15-24-6-10-29-11-7-24)26-5-3-16(14-26)19-17-2-1-4-23-21(17)31-20(19)22(28)25-8-12-30-13-9-25/h1-2,4,16H,3,5-15H2/t16-/m0/s1. The second-order valence-electron chi connectivity index (χ2n) is 8.32. The second kappa shape index (κ2) is 9.20. The first-order valence-corrected chi connectivity index (χ1v) is 11.8. The molecule has 2 amide bonds. The molecule has 0 N–H and O–H groups in total. The number of amides is 2. The number of carbonyl (C=O) groups is 2. The molecular formula is C22H28N4O4S. The smallest absolute Gasteiger partial charge is 0.264 e. The zero-order chi connectivity index (χ0) is 21.2. The third-order valence-corrected chi connectivity index (χ3v) is 7.53. The molecule has 5 heterocycles. The number of pyridine rings is 1. The Balaban J connectivity index is 1.36. The molecule has 5 rings (SSSR count). The van der Waals surface area contributed by atoms with Crippen LogP contribution in [0, 0.1) is 0 Å². The molecule has 3 aliphatic rings. The van der Waals surface area contributed by atoms with Gasteiger partial charge in [-0.3, -0.25) is 14.5 Å². The van der Waals surface area contributed by atoms with Crippen LogP contribution in [0.15, 0.2) is 18.3 Å². The van der Waals surface area contributed by atoms with E-state index in [-0.39, 0.29) is 17.7 Å². The summed E-state index contributed by atoms with van der Waals surface area (Å²) < 4.78 is 10.8. The highest BCUT2D eigenvalue weighted by Crippen LogP contribution is 2.40. The van der Waals surface area contributed by atoms with Gasteiger partial charge in [-0.05, 0) is 18.1 Å². The van der Waals surface area contributed by atoms with Crippen LogP contribution in [-0.2, 0) is 14.3 Å². The van der Waals surface area contributed by atoms with Gasteiger partial charge in [-0.25, -0.2) is 4.98 Å². The van der Waals surface area contributed by atoms with E-state index in [1.54, 1.807) is 6.20 Å². The molecule has 0 radical (unpaired) electrons. The van der Waals surface area contributed by atoms with Gasteiger partial charge in [0.25, 0.3) is 5.91 Å². The molecule has 3 saturated heterocycles. The molecule has 0 aromatic carbocycles. The second-order valence-corrected chi connectivity index (χ2v) is 9.32. The zero-order valence-corrected chi connectivity index (χ0v) is 18.4. The fourth-order valence-electron chi connectivity index (χ4n) is 4.70. The SMILES string of the molecule is O=C(CN1CCOCC1)N1CC[C@H](c2c(C(=O)N3CCOCC3)sc3ncccc23)C1. The lowest BCUT2D eigenvalue weighted by molar-refractivity contribution is -0.132. The molecule has 1 atom stereocenters. The number of hydrogen-bond donors (Lipinski definition) is 0. The van der Waals surface area contributed by atoms with Gasteiger partial charge in [-0.2, -0.15) is 0 Å². The van der Waals surface area contributed by atoms with Crippen LogP contribution in [0.2, 0.25) is 0 Å². The van der Waals surface area contributed by atoms with E-state index in [1.807, 2.05) is 15.9 Å². The Bertz CT molecular complexity index is 952. The normalized spacial score (nSPS) is 22.9. The minimum absolute atomic E-state index is 0.0689. The molecule has 2 aromatic rings. The summed E-state index contributed by atoms with van der Waals surface area (Å²) in [7, 11) is 0. The van der Waals surface area contributed by atoms with Crippen LogP contribution in [0.25, 0.3) is 10.2 Å². The van der Waals surface area contributed by atoms with Crippen molar-refractivity contribution >= 4 is 33.4 Å². The Morgan fingerprint density at radius 3 is 2.55 bits per heavy atom. The highest BCUT2D eigenvalue weighted by molar-refractivity contribution is 7.20. The summed E-state index contributed by atoms with van der Waals surface area (Å²) in [4.78, 5) is 38.5. The van der Waals surface area contributed by atoms with Crippen LogP contribution in [0.3, 0.4) is 0 Å². The van der Waals surface area contributed by atoms with Gasteiger partial charge in [0.05, 0.1) is 37.8 Å². The van der Waals surface area contributed by atoms with Crippen molar-refractivity contribution in [2.75, 3.05) is 72.2 Å². The Labute approximate surface area is 185 Å². The summed E-state index contributed by atoms with van der Waals surface area (Å²) in [6.07, 6.45) is 2.65. The molecule has 0 unspecified atom stereocenters. The first-order chi connectivity index (χ1) is 15.2. The molecule has 0 bridgehead atoms. The highest BCUT2D eigenvalue weighted by atomic mass is 32.1. The maximum absolute atomic E-state index is 13.4. The van der Waals surface area contributed by atoms with Crippen molar-refractivity contribution in [2.45, 2.75) is 12.3 Å². The third kappa shape index (κ3) is 4.32. The van der Waals surface area contributed by atoms with E-state index in [2.05, 4.69) is 16.0 Å². The Morgan fingerprint density at radius 2 is 1.77 bits per heavy atom. The minimum atomic E-state index is 0.0689. The van der Waals surface area contributed by atoms with Crippen LogP contribution in [-0.4, -0.2) is 104 Å². The zero-order valence-electron chi connectivity index (χ0n) is 17.6. The van der Waals surface area contributed by atoms with Gasteiger partial charge in [0.2, 0.25) is 5.91 Å². The van der Waals surface area contributed by atoms with E-state index in [9.17, 15) is 9.59 Å². The van der Waals surface area contributed by atoms with Crippen molar-refractivity contribution in [2.24, 2.45) is 0 Å². The molecule has 3 fully saturated rings. The summed E-state index contributed by atoms with van der Waals surface area (Å²) >= 11 is 1.48. The van der Waals surface area contributed by atoms with Gasteiger partial charge < -0.3 is 19.3 Å². The van der Waals surface area contributed by atoms with Crippen molar-refractivity contribution in [3.05, 3.63) is 28.8 Å². The molecule has 9 heteroatoms. The highest BCUT2D eigenvalue weighted by Gasteiger charge is 2.34. The fourth-order valence-corrected chi connectivity index (χ4v) is 5.90. The van der Waals surface area contributed by atoms with Crippen molar-refractivity contribution in [3.8, 4) is 0 Å². The average molecular weight is 445 g/mol. The Morgan fingerprint density at radius 1 is 1.03 bits per heavy atom. The summed E-state index contributed by atoms with van der Waals surface area (Å²) in [5.74, 6) is 0.397. The van der Waals surface area contributed by atoms with E-state index < -0.39 is 0 Å². The third-order valence-electron chi connectivity index (χ3n) is 6.41. The van der Waals surface area contributed by atoms with E-state index in [1.165, 1.54) is 11.3 Å². The first kappa shape index (κ1) is 20.8. The van der Waals surface area contributed by atoms with Crippen molar-refractivity contribution < 1.29 is 19.1 Å². The first-order valence-electron chi connectivity index (χ1n) is 11.0. The monoisotopic (exact) mass is 444 g/mol. The number of thiophene rings is 1. The molecule has 8 nitrogen and oxygen atoms in total. The van der Waals surface area contributed by atoms with E-state index in [0.29, 0.717) is 52.6 Å². The van der Waals surface area contributed by atoms with Crippen molar-refractivity contribution in [3.63, 3.8) is 0 Å². The number of aromatic nitrogens is 1. The average Bonchev–Trinajstić information content (AvgIpc) is 3.44. The summed E-state index contributed by atoms with van der Waals surface area (Å²) in [5, 5.41) is 1.05. The summed E-state index contributed by atoms with van der Waals surface area (Å²) in [6, 6.07) is 3.99. The van der Waals surface area contributed by atoms with Crippen LogP contribution in [0.5, 0.6) is 0 Å². The van der Waals surface area contributed by atoms with Gasteiger partial charge >= 0.3 is 0 Å². The van der Waals surface area contributed by atoms with Gasteiger partial charge in [0.1, 0.15) is 4.83 Å². The number of rotatable bonds is 4. The summed E-state index contributed by atoms with van der Waals surface area (Å²) in [5.41, 5.74) is 1.08. The molecule has 3 aliphatic heterocycles. The van der Waals surface area contributed by atoms with Crippen LogP contribution in [0.1, 0.15) is 27.6 Å². The number of ether oxygens (including phenoxy) is 2. The number of fused-ring (bicyclic) bond motifs is 1. The van der Waals surface area contributed by atoms with Crippen LogP contribution < -0.4 is 0 Å². The topological polar surface area (TPSA) is 75.2 Å². The molecule has 0 saturated carbocycles. The molecular weight excluding hydrogens is 416 g/mol.